The lowest BCUT2D eigenvalue weighted by Gasteiger charge is -2.15. The topological polar surface area (TPSA) is 40.5 Å². The molecule has 0 saturated carbocycles. The maximum Gasteiger partial charge on any atom is 0.115 e. The van der Waals surface area contributed by atoms with Crippen LogP contribution < -0.4 is 0 Å². The van der Waals surface area contributed by atoms with Crippen molar-refractivity contribution in [2.24, 2.45) is 5.92 Å². The van der Waals surface area contributed by atoms with Crippen LogP contribution in [-0.4, -0.2) is 16.8 Å². The number of aliphatic hydroxyl groups excluding tert-OH is 1. The third kappa shape index (κ3) is 3.98. The Balaban J connectivity index is 2.07. The molecule has 0 aliphatic rings. The number of halogens is 1. The molecular weight excluding hydrogens is 260 g/mol. The molecule has 0 amide bonds. The molecule has 0 aliphatic carbocycles. The van der Waals surface area contributed by atoms with E-state index in [0.29, 0.717) is 0 Å². The van der Waals surface area contributed by atoms with Gasteiger partial charge < -0.3 is 10.2 Å². The van der Waals surface area contributed by atoms with E-state index in [4.69, 9.17) is 11.6 Å². The lowest BCUT2D eigenvalue weighted by Crippen LogP contribution is -2.13. The fourth-order valence-electron chi connectivity index (χ4n) is 2.19. The predicted molar refractivity (Wildman–Crippen MR) is 77.5 cm³/mol. The minimum absolute atomic E-state index is 0.0981. The number of aliphatic hydroxyl groups is 1. The first-order valence-corrected chi connectivity index (χ1v) is 6.69. The smallest absolute Gasteiger partial charge is 0.115 e. The Morgan fingerprint density at radius 1 is 1.00 bits per heavy atom. The van der Waals surface area contributed by atoms with E-state index in [9.17, 15) is 10.2 Å². The molecule has 0 heterocycles. The summed E-state index contributed by atoms with van der Waals surface area (Å²) in [7, 11) is 0. The van der Waals surface area contributed by atoms with Gasteiger partial charge in [-0.2, -0.15) is 0 Å². The maximum absolute atomic E-state index is 9.50. The number of phenolic OH excluding ortho intramolecular Hbond substituents is 1. The van der Waals surface area contributed by atoms with Gasteiger partial charge in [-0.1, -0.05) is 41.9 Å². The number of benzene rings is 2. The summed E-state index contributed by atoms with van der Waals surface area (Å²) in [6.07, 6.45) is 1.45. The van der Waals surface area contributed by atoms with Gasteiger partial charge in [0.05, 0.1) is 0 Å². The molecule has 2 nitrogen and oxygen atoms in total. The van der Waals surface area contributed by atoms with Crippen LogP contribution in [0, 0.1) is 5.92 Å². The van der Waals surface area contributed by atoms with Crippen molar-refractivity contribution in [2.45, 2.75) is 12.8 Å². The van der Waals surface area contributed by atoms with Gasteiger partial charge in [0.1, 0.15) is 5.75 Å². The van der Waals surface area contributed by atoms with E-state index >= 15 is 0 Å². The molecule has 100 valence electrons. The highest BCUT2D eigenvalue weighted by molar-refractivity contribution is 6.31. The van der Waals surface area contributed by atoms with Crippen molar-refractivity contribution in [1.82, 2.24) is 0 Å². The van der Waals surface area contributed by atoms with Gasteiger partial charge in [0.15, 0.2) is 0 Å². The molecule has 2 rings (SSSR count). The van der Waals surface area contributed by atoms with Crippen LogP contribution >= 0.6 is 11.6 Å². The van der Waals surface area contributed by atoms with Gasteiger partial charge in [-0.25, -0.2) is 0 Å². The van der Waals surface area contributed by atoms with E-state index in [-0.39, 0.29) is 18.3 Å². The second-order valence-corrected chi connectivity index (χ2v) is 5.13. The first kappa shape index (κ1) is 13.9. The van der Waals surface area contributed by atoms with Crippen molar-refractivity contribution in [3.05, 3.63) is 64.7 Å². The van der Waals surface area contributed by atoms with E-state index in [1.807, 2.05) is 36.4 Å². The summed E-state index contributed by atoms with van der Waals surface area (Å²) in [4.78, 5) is 0. The SMILES string of the molecule is OCC(Cc1cccc(O)c1)Cc1ccccc1Cl. The molecule has 1 unspecified atom stereocenters. The molecule has 0 bridgehead atoms. The van der Waals surface area contributed by atoms with Gasteiger partial charge in [-0.3, -0.25) is 0 Å². The number of aromatic hydroxyl groups is 1. The third-order valence-corrected chi connectivity index (χ3v) is 3.53. The van der Waals surface area contributed by atoms with Crippen molar-refractivity contribution in [2.75, 3.05) is 6.61 Å². The summed E-state index contributed by atoms with van der Waals surface area (Å²) in [5.41, 5.74) is 2.06. The zero-order valence-electron chi connectivity index (χ0n) is 10.6. The number of hydrogen-bond acceptors (Lipinski definition) is 2. The monoisotopic (exact) mass is 276 g/mol. The van der Waals surface area contributed by atoms with Crippen LogP contribution in [0.5, 0.6) is 5.75 Å². The molecule has 19 heavy (non-hydrogen) atoms. The Bertz CT molecular complexity index is 540. The summed E-state index contributed by atoms with van der Waals surface area (Å²) < 4.78 is 0. The van der Waals surface area contributed by atoms with Crippen LogP contribution in [-0.2, 0) is 12.8 Å². The summed E-state index contributed by atoms with van der Waals surface area (Å²) in [5, 5.41) is 19.7. The molecule has 0 spiro atoms. The average molecular weight is 277 g/mol. The zero-order valence-corrected chi connectivity index (χ0v) is 11.3. The van der Waals surface area contributed by atoms with E-state index < -0.39 is 0 Å². The van der Waals surface area contributed by atoms with Crippen LogP contribution in [0.4, 0.5) is 0 Å². The Hall–Kier alpha value is -1.51. The quantitative estimate of drug-likeness (QED) is 0.878. The number of phenols is 1. The van der Waals surface area contributed by atoms with Crippen LogP contribution in [0.15, 0.2) is 48.5 Å². The third-order valence-electron chi connectivity index (χ3n) is 3.16. The van der Waals surface area contributed by atoms with E-state index in [0.717, 1.165) is 29.0 Å². The van der Waals surface area contributed by atoms with Crippen LogP contribution in [0.1, 0.15) is 11.1 Å². The molecule has 2 N–H and O–H groups in total. The van der Waals surface area contributed by atoms with E-state index in [2.05, 4.69) is 0 Å². The van der Waals surface area contributed by atoms with Gasteiger partial charge in [0.2, 0.25) is 0 Å². The van der Waals surface area contributed by atoms with Crippen molar-refractivity contribution in [3.8, 4) is 5.75 Å². The predicted octanol–water partition coefficient (Wildman–Crippen LogP) is 3.44. The molecule has 0 aliphatic heterocycles. The van der Waals surface area contributed by atoms with Crippen molar-refractivity contribution in [3.63, 3.8) is 0 Å². The standard InChI is InChI=1S/C16H17ClO2/c17-16-7-2-1-5-14(16)9-13(11-18)8-12-4-3-6-15(19)10-12/h1-7,10,13,18-19H,8-9,11H2. The van der Waals surface area contributed by atoms with Crippen LogP contribution in [0.3, 0.4) is 0 Å². The Kier molecular flexibility index (Phi) is 4.83. The Labute approximate surface area is 118 Å². The molecule has 3 heteroatoms. The fraction of sp³-hybridized carbons (Fsp3) is 0.250. The van der Waals surface area contributed by atoms with Gasteiger partial charge in [0.25, 0.3) is 0 Å². The Morgan fingerprint density at radius 2 is 1.79 bits per heavy atom. The van der Waals surface area contributed by atoms with Gasteiger partial charge >= 0.3 is 0 Å². The fourth-order valence-corrected chi connectivity index (χ4v) is 2.41. The normalized spacial score (nSPS) is 12.3. The van der Waals surface area contributed by atoms with Crippen LogP contribution in [0.25, 0.3) is 0 Å². The van der Waals surface area contributed by atoms with Crippen molar-refractivity contribution >= 4 is 11.6 Å². The summed E-state index contributed by atoms with van der Waals surface area (Å²) in [6, 6.07) is 14.8. The molecule has 0 radical (unpaired) electrons. The lowest BCUT2D eigenvalue weighted by atomic mass is 9.93. The van der Waals surface area contributed by atoms with Crippen molar-refractivity contribution in [1.29, 1.82) is 0 Å². The van der Waals surface area contributed by atoms with E-state index in [1.54, 1.807) is 12.1 Å². The summed E-state index contributed by atoms with van der Waals surface area (Å²) in [6.45, 7) is 0.0981. The minimum Gasteiger partial charge on any atom is -0.508 e. The molecule has 2 aromatic rings. The summed E-state index contributed by atoms with van der Waals surface area (Å²) in [5.74, 6) is 0.355. The molecule has 0 fully saturated rings. The number of hydrogen-bond donors (Lipinski definition) is 2. The van der Waals surface area contributed by atoms with Gasteiger partial charge in [-0.05, 0) is 48.1 Å². The van der Waals surface area contributed by atoms with Crippen molar-refractivity contribution < 1.29 is 10.2 Å². The molecular formula is C16H17ClO2. The van der Waals surface area contributed by atoms with Gasteiger partial charge in [-0.15, -0.1) is 0 Å². The highest BCUT2D eigenvalue weighted by Crippen LogP contribution is 2.22. The number of rotatable bonds is 5. The minimum atomic E-state index is 0.0981. The molecule has 0 aromatic heterocycles. The second kappa shape index (κ2) is 6.60. The first-order valence-electron chi connectivity index (χ1n) is 6.31. The second-order valence-electron chi connectivity index (χ2n) is 4.72. The van der Waals surface area contributed by atoms with Gasteiger partial charge in [0, 0.05) is 11.6 Å². The van der Waals surface area contributed by atoms with Crippen LogP contribution in [0.2, 0.25) is 5.02 Å². The molecule has 0 saturated heterocycles. The molecule has 2 aromatic carbocycles. The molecule has 1 atom stereocenters. The average Bonchev–Trinajstić information content (AvgIpc) is 2.40. The highest BCUT2D eigenvalue weighted by Gasteiger charge is 2.12. The maximum atomic E-state index is 9.50. The summed E-state index contributed by atoms with van der Waals surface area (Å²) >= 11 is 6.13. The largest absolute Gasteiger partial charge is 0.508 e. The highest BCUT2D eigenvalue weighted by atomic mass is 35.5. The Morgan fingerprint density at radius 3 is 2.47 bits per heavy atom. The zero-order chi connectivity index (χ0) is 13.7. The first-order chi connectivity index (χ1) is 9.19. The lowest BCUT2D eigenvalue weighted by molar-refractivity contribution is 0.225. The van der Waals surface area contributed by atoms with E-state index in [1.165, 1.54) is 0 Å².